The van der Waals surface area contributed by atoms with Gasteiger partial charge in [0, 0.05) is 21.2 Å². The van der Waals surface area contributed by atoms with E-state index in [1.54, 1.807) is 48.5 Å². The van der Waals surface area contributed by atoms with Crippen LogP contribution in [0.15, 0.2) is 58.3 Å². The molecule has 5 nitrogen and oxygen atoms in total. The van der Waals surface area contributed by atoms with Gasteiger partial charge in [0.25, 0.3) is 0 Å². The van der Waals surface area contributed by atoms with Gasteiger partial charge in [0.15, 0.2) is 0 Å². The zero-order chi connectivity index (χ0) is 17.5. The molecule has 24 heavy (non-hydrogen) atoms. The van der Waals surface area contributed by atoms with Gasteiger partial charge >= 0.3 is 0 Å². The first-order chi connectivity index (χ1) is 11.5. The monoisotopic (exact) mass is 384 g/mol. The molecule has 0 aliphatic carbocycles. The van der Waals surface area contributed by atoms with Gasteiger partial charge in [-0.15, -0.1) is 23.2 Å². The highest BCUT2D eigenvalue weighted by molar-refractivity contribution is 7.85. The van der Waals surface area contributed by atoms with E-state index in [2.05, 4.69) is 10.6 Å². The molecule has 0 atom stereocenters. The molecule has 2 N–H and O–H groups in total. The minimum atomic E-state index is -1.37. The molecule has 2 aromatic carbocycles. The van der Waals surface area contributed by atoms with Crippen LogP contribution in [0.2, 0.25) is 0 Å². The summed E-state index contributed by atoms with van der Waals surface area (Å²) < 4.78 is 12.5. The molecular formula is C16H14Cl2N2O3S. The third-order valence-corrected chi connectivity index (χ3v) is 4.83. The molecule has 0 aromatic heterocycles. The van der Waals surface area contributed by atoms with Gasteiger partial charge in [0.05, 0.1) is 10.8 Å². The Morgan fingerprint density at radius 1 is 0.750 bits per heavy atom. The molecule has 2 rings (SSSR count). The topological polar surface area (TPSA) is 75.3 Å². The molecule has 0 bridgehead atoms. The van der Waals surface area contributed by atoms with Crippen molar-refractivity contribution in [2.24, 2.45) is 0 Å². The van der Waals surface area contributed by atoms with E-state index >= 15 is 0 Å². The Hall–Kier alpha value is -1.89. The van der Waals surface area contributed by atoms with Crippen LogP contribution < -0.4 is 10.6 Å². The number of hydrogen-bond donors (Lipinski definition) is 2. The summed E-state index contributed by atoms with van der Waals surface area (Å²) in [4.78, 5) is 23.6. The maximum absolute atomic E-state index is 12.5. The molecule has 0 saturated heterocycles. The Morgan fingerprint density at radius 2 is 1.08 bits per heavy atom. The van der Waals surface area contributed by atoms with Crippen molar-refractivity contribution in [3.63, 3.8) is 0 Å². The number of hydrogen-bond acceptors (Lipinski definition) is 3. The normalized spacial score (nSPS) is 10.5. The zero-order valence-corrected chi connectivity index (χ0v) is 14.8. The zero-order valence-electron chi connectivity index (χ0n) is 12.4. The predicted molar refractivity (Wildman–Crippen MR) is 96.3 cm³/mol. The Labute approximate surface area is 151 Å². The van der Waals surface area contributed by atoms with Crippen LogP contribution >= 0.6 is 23.2 Å². The number of carbonyl (C=O) groups excluding carboxylic acids is 2. The summed E-state index contributed by atoms with van der Waals surface area (Å²) in [5.41, 5.74) is 1.17. The molecule has 0 fully saturated rings. The van der Waals surface area contributed by atoms with E-state index in [1.807, 2.05) is 0 Å². The van der Waals surface area contributed by atoms with E-state index in [-0.39, 0.29) is 23.6 Å². The summed E-state index contributed by atoms with van der Waals surface area (Å²) in [5.74, 6) is -0.860. The van der Waals surface area contributed by atoms with Gasteiger partial charge in [-0.25, -0.2) is 4.21 Å². The summed E-state index contributed by atoms with van der Waals surface area (Å²) in [7, 11) is -1.37. The van der Waals surface area contributed by atoms with Crippen LogP contribution in [0.5, 0.6) is 0 Å². The minimum absolute atomic E-state index is 0.125. The molecule has 2 aromatic rings. The van der Waals surface area contributed by atoms with Gasteiger partial charge in [-0.3, -0.25) is 9.59 Å². The first-order valence-electron chi connectivity index (χ1n) is 6.87. The fourth-order valence-corrected chi connectivity index (χ4v) is 3.02. The SMILES string of the molecule is O=C(CCl)Nc1ccc(S(=O)c2ccc(NC(=O)CCl)cc2)cc1. The highest BCUT2D eigenvalue weighted by Gasteiger charge is 2.08. The average molecular weight is 385 g/mol. The minimum Gasteiger partial charge on any atom is -0.325 e. The second kappa shape index (κ2) is 8.82. The Balaban J connectivity index is 2.08. The molecule has 126 valence electrons. The molecule has 0 radical (unpaired) electrons. The van der Waals surface area contributed by atoms with E-state index in [0.29, 0.717) is 21.2 Å². The molecule has 0 heterocycles. The van der Waals surface area contributed by atoms with Crippen LogP contribution in [0.3, 0.4) is 0 Å². The molecule has 8 heteroatoms. The summed E-state index contributed by atoms with van der Waals surface area (Å²) >= 11 is 10.8. The molecular weight excluding hydrogens is 371 g/mol. The number of rotatable bonds is 6. The number of halogens is 2. The van der Waals surface area contributed by atoms with Gasteiger partial charge in [0.1, 0.15) is 11.8 Å². The van der Waals surface area contributed by atoms with Crippen LogP contribution in [0, 0.1) is 0 Å². The van der Waals surface area contributed by atoms with Gasteiger partial charge < -0.3 is 10.6 Å². The number of alkyl halides is 2. The Bertz CT molecular complexity index is 685. The smallest absolute Gasteiger partial charge is 0.239 e. The highest BCUT2D eigenvalue weighted by atomic mass is 35.5. The second-order valence-electron chi connectivity index (χ2n) is 4.68. The number of amides is 2. The van der Waals surface area contributed by atoms with Crippen molar-refractivity contribution in [2.75, 3.05) is 22.4 Å². The van der Waals surface area contributed by atoms with Crippen LogP contribution in [0.4, 0.5) is 11.4 Å². The number of nitrogens with one attached hydrogen (secondary N) is 2. The second-order valence-corrected chi connectivity index (χ2v) is 6.70. The number of carbonyl (C=O) groups is 2. The lowest BCUT2D eigenvalue weighted by molar-refractivity contribution is -0.114. The summed E-state index contributed by atoms with van der Waals surface area (Å²) in [6.45, 7) is 0. The van der Waals surface area contributed by atoms with Crippen molar-refractivity contribution < 1.29 is 13.8 Å². The largest absolute Gasteiger partial charge is 0.325 e. The molecule has 0 aliphatic rings. The fraction of sp³-hybridized carbons (Fsp3) is 0.125. The lowest BCUT2D eigenvalue weighted by Crippen LogP contribution is -2.12. The van der Waals surface area contributed by atoms with E-state index in [9.17, 15) is 13.8 Å². The molecule has 0 saturated carbocycles. The standard InChI is InChI=1S/C16H14Cl2N2O3S/c17-9-15(21)19-11-1-5-13(6-2-11)24(23)14-7-3-12(4-8-14)20-16(22)10-18/h1-8H,9-10H2,(H,19,21)(H,20,22). The van der Waals surface area contributed by atoms with Crippen molar-refractivity contribution in [2.45, 2.75) is 9.79 Å². The number of anilines is 2. The van der Waals surface area contributed by atoms with Gasteiger partial charge in [0.2, 0.25) is 11.8 Å². The van der Waals surface area contributed by atoms with E-state index in [4.69, 9.17) is 23.2 Å². The van der Waals surface area contributed by atoms with E-state index in [0.717, 1.165) is 0 Å². The third-order valence-electron chi connectivity index (χ3n) is 2.95. The van der Waals surface area contributed by atoms with Crippen LogP contribution in [0.25, 0.3) is 0 Å². The quantitative estimate of drug-likeness (QED) is 0.750. The van der Waals surface area contributed by atoms with Crippen LogP contribution in [-0.2, 0) is 20.4 Å². The van der Waals surface area contributed by atoms with Crippen LogP contribution in [0.1, 0.15) is 0 Å². The maximum Gasteiger partial charge on any atom is 0.239 e. The number of benzene rings is 2. The molecule has 0 aliphatic heterocycles. The lowest BCUT2D eigenvalue weighted by Gasteiger charge is -2.07. The summed E-state index contributed by atoms with van der Waals surface area (Å²) in [5, 5.41) is 5.22. The predicted octanol–water partition coefficient (Wildman–Crippen LogP) is 3.21. The first-order valence-corrected chi connectivity index (χ1v) is 9.09. The van der Waals surface area contributed by atoms with Crippen molar-refractivity contribution >= 4 is 57.2 Å². The lowest BCUT2D eigenvalue weighted by atomic mass is 10.3. The van der Waals surface area contributed by atoms with Gasteiger partial charge in [-0.1, -0.05) is 0 Å². The molecule has 2 amide bonds. The Kier molecular flexibility index (Phi) is 6.78. The highest BCUT2D eigenvalue weighted by Crippen LogP contribution is 2.20. The fourth-order valence-electron chi connectivity index (χ4n) is 1.85. The first kappa shape index (κ1) is 18.4. The van der Waals surface area contributed by atoms with Crippen molar-refractivity contribution in [3.05, 3.63) is 48.5 Å². The van der Waals surface area contributed by atoms with Crippen molar-refractivity contribution in [1.29, 1.82) is 0 Å². The van der Waals surface area contributed by atoms with Gasteiger partial charge in [-0.2, -0.15) is 0 Å². The molecule has 0 spiro atoms. The third kappa shape index (κ3) is 5.06. The maximum atomic E-state index is 12.5. The van der Waals surface area contributed by atoms with Crippen molar-refractivity contribution in [3.8, 4) is 0 Å². The van der Waals surface area contributed by atoms with E-state index in [1.165, 1.54) is 0 Å². The average Bonchev–Trinajstić information content (AvgIpc) is 2.62. The van der Waals surface area contributed by atoms with Crippen molar-refractivity contribution in [1.82, 2.24) is 0 Å². The molecule has 0 unspecified atom stereocenters. The van der Waals surface area contributed by atoms with Gasteiger partial charge in [-0.05, 0) is 48.5 Å². The summed E-state index contributed by atoms with van der Waals surface area (Å²) in [6, 6.07) is 13.3. The summed E-state index contributed by atoms with van der Waals surface area (Å²) in [6.07, 6.45) is 0. The van der Waals surface area contributed by atoms with Crippen LogP contribution in [-0.4, -0.2) is 27.8 Å². The Morgan fingerprint density at radius 3 is 1.38 bits per heavy atom. The van der Waals surface area contributed by atoms with E-state index < -0.39 is 10.8 Å².